The Balaban J connectivity index is 2.52. The van der Waals surface area contributed by atoms with Crippen LogP contribution in [0, 0.1) is 0 Å². The fraction of sp³-hybridized carbons (Fsp3) is 0.364. The van der Waals surface area contributed by atoms with Crippen molar-refractivity contribution in [3.05, 3.63) is 27.1 Å². The zero-order chi connectivity index (χ0) is 12.0. The average Bonchev–Trinajstić information content (AvgIpc) is 2.24. The number of carbonyl (C=O) groups excluding carboxylic acids is 1. The fourth-order valence-corrected chi connectivity index (χ4v) is 1.94. The quantitative estimate of drug-likeness (QED) is 0.802. The van der Waals surface area contributed by atoms with Crippen LogP contribution in [0.1, 0.15) is 12.8 Å². The van der Waals surface area contributed by atoms with Crippen LogP contribution in [0.25, 0.3) is 0 Å². The molecule has 1 rings (SSSR count). The van der Waals surface area contributed by atoms with E-state index in [-0.39, 0.29) is 5.91 Å². The first-order valence-corrected chi connectivity index (χ1v) is 6.61. The summed E-state index contributed by atoms with van der Waals surface area (Å²) in [5.41, 5.74) is 0.795. The lowest BCUT2D eigenvalue weighted by atomic mass is 10.2. The maximum absolute atomic E-state index is 11.6. The van der Waals surface area contributed by atoms with E-state index in [1.54, 1.807) is 0 Å². The van der Waals surface area contributed by atoms with Crippen LogP contribution < -0.4 is 10.6 Å². The lowest BCUT2D eigenvalue weighted by Gasteiger charge is -2.07. The van der Waals surface area contributed by atoms with Gasteiger partial charge < -0.3 is 10.6 Å². The molecule has 3 nitrogen and oxygen atoms in total. The molecule has 2 N–H and O–H groups in total. The third-order valence-corrected chi connectivity index (χ3v) is 3.22. The summed E-state index contributed by atoms with van der Waals surface area (Å²) in [5.74, 6) is 0.0362. The lowest BCUT2D eigenvalue weighted by molar-refractivity contribution is -0.116. The van der Waals surface area contributed by atoms with Crippen LogP contribution in [0.3, 0.4) is 0 Å². The predicted molar refractivity (Wildman–Crippen MR) is 73.6 cm³/mol. The maximum Gasteiger partial charge on any atom is 0.224 e. The van der Waals surface area contributed by atoms with Crippen molar-refractivity contribution in [2.45, 2.75) is 12.8 Å². The third-order valence-electron chi connectivity index (χ3n) is 2.03. The Kier molecular flexibility index (Phi) is 6.01. The summed E-state index contributed by atoms with van der Waals surface area (Å²) >= 11 is 6.76. The number of amides is 1. The molecule has 0 aliphatic rings. The van der Waals surface area contributed by atoms with Crippen molar-refractivity contribution in [1.29, 1.82) is 0 Å². The second-order valence-corrected chi connectivity index (χ2v) is 5.15. The summed E-state index contributed by atoms with van der Waals surface area (Å²) in [5, 5.41) is 5.88. The highest BCUT2D eigenvalue weighted by atomic mass is 79.9. The minimum Gasteiger partial charge on any atom is -0.325 e. The Morgan fingerprint density at radius 2 is 2.12 bits per heavy atom. The average molecular weight is 350 g/mol. The Hall–Kier alpha value is -0.390. The molecule has 5 heteroatoms. The van der Waals surface area contributed by atoms with Gasteiger partial charge in [-0.2, -0.15) is 0 Å². The van der Waals surface area contributed by atoms with E-state index in [9.17, 15) is 4.79 Å². The van der Waals surface area contributed by atoms with Crippen molar-refractivity contribution in [1.82, 2.24) is 5.32 Å². The van der Waals surface area contributed by atoms with Crippen molar-refractivity contribution in [2.75, 3.05) is 18.9 Å². The van der Waals surface area contributed by atoms with Crippen molar-refractivity contribution in [3.63, 3.8) is 0 Å². The Bertz CT molecular complexity index is 369. The lowest BCUT2D eigenvalue weighted by Crippen LogP contribution is -2.15. The number of benzene rings is 1. The molecule has 0 aromatic heterocycles. The number of rotatable bonds is 5. The number of halogens is 2. The zero-order valence-electron chi connectivity index (χ0n) is 9.02. The predicted octanol–water partition coefficient (Wildman–Crippen LogP) is 3.15. The normalized spacial score (nSPS) is 10.2. The van der Waals surface area contributed by atoms with Crippen LogP contribution in [0.15, 0.2) is 27.1 Å². The molecule has 0 atom stereocenters. The fourth-order valence-electron chi connectivity index (χ4n) is 1.23. The second kappa shape index (κ2) is 7.04. The van der Waals surface area contributed by atoms with Gasteiger partial charge in [-0.15, -0.1) is 0 Å². The van der Waals surface area contributed by atoms with Gasteiger partial charge in [0.25, 0.3) is 0 Å². The van der Waals surface area contributed by atoms with Crippen molar-refractivity contribution < 1.29 is 4.79 Å². The minimum absolute atomic E-state index is 0.0362. The highest BCUT2D eigenvalue weighted by molar-refractivity contribution is 9.11. The van der Waals surface area contributed by atoms with Gasteiger partial charge in [0.15, 0.2) is 0 Å². The zero-order valence-corrected chi connectivity index (χ0v) is 12.2. The number of carbonyl (C=O) groups is 1. The van der Waals surface area contributed by atoms with E-state index < -0.39 is 0 Å². The van der Waals surface area contributed by atoms with Crippen LogP contribution in [0.4, 0.5) is 5.69 Å². The topological polar surface area (TPSA) is 41.1 Å². The SMILES string of the molecule is CNCCCC(=O)Nc1cc(Br)ccc1Br. The van der Waals surface area contributed by atoms with E-state index in [2.05, 4.69) is 42.5 Å². The van der Waals surface area contributed by atoms with Gasteiger partial charge in [-0.1, -0.05) is 15.9 Å². The van der Waals surface area contributed by atoms with Gasteiger partial charge in [-0.05, 0) is 54.1 Å². The summed E-state index contributed by atoms with van der Waals surface area (Å²) < 4.78 is 1.83. The molecular formula is C11H14Br2N2O. The van der Waals surface area contributed by atoms with Gasteiger partial charge in [0.2, 0.25) is 5.91 Å². The highest BCUT2D eigenvalue weighted by Gasteiger charge is 2.05. The van der Waals surface area contributed by atoms with Crippen LogP contribution in [-0.4, -0.2) is 19.5 Å². The van der Waals surface area contributed by atoms with E-state index in [0.717, 1.165) is 27.6 Å². The van der Waals surface area contributed by atoms with Crippen molar-refractivity contribution in [2.24, 2.45) is 0 Å². The van der Waals surface area contributed by atoms with Gasteiger partial charge in [0.1, 0.15) is 0 Å². The molecule has 0 aliphatic heterocycles. The summed E-state index contributed by atoms with van der Waals surface area (Å²) in [7, 11) is 1.88. The molecule has 0 radical (unpaired) electrons. The standard InChI is InChI=1S/C11H14Br2N2O/c1-14-6-2-3-11(16)15-10-7-8(12)4-5-9(10)13/h4-5,7,14H,2-3,6H2,1H3,(H,15,16). The van der Waals surface area contributed by atoms with E-state index in [4.69, 9.17) is 0 Å². The van der Waals surface area contributed by atoms with Crippen LogP contribution >= 0.6 is 31.9 Å². The largest absolute Gasteiger partial charge is 0.325 e. The first-order chi connectivity index (χ1) is 7.63. The number of nitrogens with one attached hydrogen (secondary N) is 2. The van der Waals surface area contributed by atoms with Gasteiger partial charge in [-0.25, -0.2) is 0 Å². The molecule has 0 aliphatic carbocycles. The molecule has 1 aromatic carbocycles. The monoisotopic (exact) mass is 348 g/mol. The molecule has 16 heavy (non-hydrogen) atoms. The molecule has 0 bridgehead atoms. The van der Waals surface area contributed by atoms with E-state index in [1.165, 1.54) is 0 Å². The second-order valence-electron chi connectivity index (χ2n) is 3.38. The molecule has 0 saturated carbocycles. The van der Waals surface area contributed by atoms with Crippen LogP contribution in [-0.2, 0) is 4.79 Å². The molecule has 0 unspecified atom stereocenters. The van der Waals surface area contributed by atoms with Crippen LogP contribution in [0.5, 0.6) is 0 Å². The molecule has 0 spiro atoms. The third kappa shape index (κ3) is 4.63. The Labute approximate surface area is 112 Å². The number of hydrogen-bond acceptors (Lipinski definition) is 2. The molecule has 0 fully saturated rings. The van der Waals surface area contributed by atoms with Crippen LogP contribution in [0.2, 0.25) is 0 Å². The van der Waals surface area contributed by atoms with Crippen molar-refractivity contribution >= 4 is 43.5 Å². The Morgan fingerprint density at radius 3 is 2.81 bits per heavy atom. The molecular weight excluding hydrogens is 336 g/mol. The van der Waals surface area contributed by atoms with Gasteiger partial charge >= 0.3 is 0 Å². The van der Waals surface area contributed by atoms with E-state index in [0.29, 0.717) is 6.42 Å². The Morgan fingerprint density at radius 1 is 1.38 bits per heavy atom. The summed E-state index contributed by atoms with van der Waals surface area (Å²) in [6.07, 6.45) is 1.37. The maximum atomic E-state index is 11.6. The smallest absolute Gasteiger partial charge is 0.224 e. The van der Waals surface area contributed by atoms with Crippen molar-refractivity contribution in [3.8, 4) is 0 Å². The van der Waals surface area contributed by atoms with Gasteiger partial charge in [-0.3, -0.25) is 4.79 Å². The highest BCUT2D eigenvalue weighted by Crippen LogP contribution is 2.26. The summed E-state index contributed by atoms with van der Waals surface area (Å²) in [4.78, 5) is 11.6. The van der Waals surface area contributed by atoms with E-state index >= 15 is 0 Å². The number of anilines is 1. The van der Waals surface area contributed by atoms with Gasteiger partial charge in [0, 0.05) is 15.4 Å². The number of hydrogen-bond donors (Lipinski definition) is 2. The first-order valence-electron chi connectivity index (χ1n) is 5.03. The molecule has 1 amide bonds. The summed E-state index contributed by atoms with van der Waals surface area (Å²) in [6.45, 7) is 0.854. The van der Waals surface area contributed by atoms with E-state index in [1.807, 2.05) is 25.2 Å². The first kappa shape index (κ1) is 13.7. The molecule has 88 valence electrons. The van der Waals surface area contributed by atoms with Gasteiger partial charge in [0.05, 0.1) is 5.69 Å². The molecule has 0 heterocycles. The molecule has 1 aromatic rings. The molecule has 0 saturated heterocycles. The minimum atomic E-state index is 0.0362. The summed E-state index contributed by atoms with van der Waals surface area (Å²) in [6, 6.07) is 5.69.